The molecule has 0 spiro atoms. The lowest BCUT2D eigenvalue weighted by atomic mass is 10.3. The Morgan fingerprint density at radius 1 is 1.50 bits per heavy atom. The number of hydrogen-bond acceptors (Lipinski definition) is 4. The number of thioether (sulfide) groups is 1. The van der Waals surface area contributed by atoms with Crippen molar-refractivity contribution in [1.29, 1.82) is 0 Å². The van der Waals surface area contributed by atoms with Gasteiger partial charge in [0.25, 0.3) is 0 Å². The van der Waals surface area contributed by atoms with E-state index >= 15 is 0 Å². The number of thiophene rings is 1. The summed E-state index contributed by atoms with van der Waals surface area (Å²) < 4.78 is 0. The normalized spacial score (nSPS) is 19.9. The average Bonchev–Trinajstić information content (AvgIpc) is 2.84. The third kappa shape index (κ3) is 2.80. The fraction of sp³-hybridized carbons (Fsp3) is 0.583. The molecule has 16 heavy (non-hydrogen) atoms. The van der Waals surface area contributed by atoms with E-state index in [0.717, 1.165) is 18.3 Å². The molecule has 1 N–H and O–H groups in total. The van der Waals surface area contributed by atoms with Gasteiger partial charge in [-0.25, -0.2) is 0 Å². The number of aliphatic imine (C=N–C) groups is 1. The lowest BCUT2D eigenvalue weighted by Gasteiger charge is -2.05. The largest absolute Gasteiger partial charge is 0.360 e. The van der Waals surface area contributed by atoms with Gasteiger partial charge < -0.3 is 5.32 Å². The average molecular weight is 254 g/mol. The lowest BCUT2D eigenvalue weighted by Crippen LogP contribution is -2.18. The molecule has 1 aliphatic rings. The molecule has 2 rings (SSSR count). The quantitative estimate of drug-likeness (QED) is 0.894. The zero-order valence-corrected chi connectivity index (χ0v) is 11.7. The molecule has 0 aromatic carbocycles. The molecule has 1 unspecified atom stereocenters. The Labute approximate surface area is 106 Å². The topological polar surface area (TPSA) is 24.4 Å². The van der Waals surface area contributed by atoms with Crippen molar-refractivity contribution in [2.24, 2.45) is 4.99 Å². The number of nitrogens with zero attached hydrogens (tertiary/aromatic N) is 1. The minimum Gasteiger partial charge on any atom is -0.360 e. The molecule has 0 aliphatic carbocycles. The molecule has 0 amide bonds. The molecule has 2 heterocycles. The fourth-order valence-electron chi connectivity index (χ4n) is 1.63. The molecule has 0 fully saturated rings. The van der Waals surface area contributed by atoms with Gasteiger partial charge in [0, 0.05) is 15.0 Å². The first-order valence-electron chi connectivity index (χ1n) is 5.70. The molecule has 0 saturated carbocycles. The molecule has 1 aliphatic heterocycles. The number of nitrogens with one attached hydrogen (secondary N) is 1. The molecule has 4 heteroatoms. The summed E-state index contributed by atoms with van der Waals surface area (Å²) in [4.78, 5) is 7.33. The third-order valence-corrected chi connectivity index (χ3v) is 5.27. The Hall–Kier alpha value is -0.480. The first-order chi connectivity index (χ1) is 7.69. The van der Waals surface area contributed by atoms with E-state index in [2.05, 4.69) is 37.1 Å². The van der Waals surface area contributed by atoms with Crippen LogP contribution >= 0.6 is 23.1 Å². The summed E-state index contributed by atoms with van der Waals surface area (Å²) in [7, 11) is 0. The molecule has 0 saturated heterocycles. The van der Waals surface area contributed by atoms with Crippen molar-refractivity contribution in [2.75, 3.05) is 6.54 Å². The standard InChI is InChI=1S/C12H18N2S2/c1-4-10-6-13-12(16-10)14-7-11-5-8(2)9(3)15-11/h5,10H,4,6-7H2,1-3H3,(H,13,14). The van der Waals surface area contributed by atoms with Gasteiger partial charge in [0.15, 0.2) is 5.17 Å². The van der Waals surface area contributed by atoms with Crippen molar-refractivity contribution >= 4 is 28.3 Å². The Morgan fingerprint density at radius 3 is 2.88 bits per heavy atom. The van der Waals surface area contributed by atoms with Crippen molar-refractivity contribution in [3.05, 3.63) is 21.4 Å². The summed E-state index contributed by atoms with van der Waals surface area (Å²) in [5, 5.41) is 5.24. The number of amidine groups is 1. The second kappa shape index (κ2) is 5.23. The van der Waals surface area contributed by atoms with Gasteiger partial charge >= 0.3 is 0 Å². The minimum atomic E-state index is 0.689. The van der Waals surface area contributed by atoms with Crippen LogP contribution in [-0.4, -0.2) is 17.0 Å². The van der Waals surface area contributed by atoms with Crippen molar-refractivity contribution in [2.45, 2.75) is 39.0 Å². The van der Waals surface area contributed by atoms with Gasteiger partial charge in [-0.3, -0.25) is 4.99 Å². The maximum Gasteiger partial charge on any atom is 0.157 e. The van der Waals surface area contributed by atoms with E-state index in [1.807, 2.05) is 23.1 Å². The molecule has 1 atom stereocenters. The maximum absolute atomic E-state index is 4.51. The number of rotatable bonds is 3. The van der Waals surface area contributed by atoms with E-state index < -0.39 is 0 Å². The fourth-order valence-corrected chi connectivity index (χ4v) is 3.56. The highest BCUT2D eigenvalue weighted by atomic mass is 32.2. The van der Waals surface area contributed by atoms with Crippen LogP contribution in [-0.2, 0) is 6.54 Å². The highest BCUT2D eigenvalue weighted by Crippen LogP contribution is 2.24. The summed E-state index contributed by atoms with van der Waals surface area (Å²) in [6, 6.07) is 2.27. The summed E-state index contributed by atoms with van der Waals surface area (Å²) in [6.45, 7) is 8.47. The molecular weight excluding hydrogens is 236 g/mol. The van der Waals surface area contributed by atoms with E-state index in [0.29, 0.717) is 5.25 Å². The Kier molecular flexibility index (Phi) is 3.92. The molecule has 88 valence electrons. The predicted octanol–water partition coefficient (Wildman–Crippen LogP) is 3.34. The summed E-state index contributed by atoms with van der Waals surface area (Å²) in [6.07, 6.45) is 1.20. The summed E-state index contributed by atoms with van der Waals surface area (Å²) >= 11 is 3.76. The van der Waals surface area contributed by atoms with Gasteiger partial charge in [-0.15, -0.1) is 11.3 Å². The monoisotopic (exact) mass is 254 g/mol. The van der Waals surface area contributed by atoms with E-state index in [4.69, 9.17) is 0 Å². The predicted molar refractivity (Wildman–Crippen MR) is 74.6 cm³/mol. The van der Waals surface area contributed by atoms with E-state index in [1.54, 1.807) is 0 Å². The SMILES string of the molecule is CCC1CN=C(NCc2cc(C)c(C)s2)S1. The van der Waals surface area contributed by atoms with Gasteiger partial charge in [0.2, 0.25) is 0 Å². The van der Waals surface area contributed by atoms with Gasteiger partial charge in [-0.05, 0) is 31.9 Å². The Balaban J connectivity index is 1.84. The van der Waals surface area contributed by atoms with Crippen LogP contribution in [0.5, 0.6) is 0 Å². The van der Waals surface area contributed by atoms with Crippen molar-refractivity contribution in [1.82, 2.24) is 5.32 Å². The van der Waals surface area contributed by atoms with Crippen molar-refractivity contribution < 1.29 is 0 Å². The molecule has 2 nitrogen and oxygen atoms in total. The molecular formula is C12H18N2S2. The second-order valence-corrected chi connectivity index (χ2v) is 6.73. The van der Waals surface area contributed by atoms with E-state index in [1.165, 1.54) is 21.7 Å². The second-order valence-electron chi connectivity index (χ2n) is 4.10. The number of hydrogen-bond donors (Lipinski definition) is 1. The molecule has 1 aromatic heterocycles. The first-order valence-corrected chi connectivity index (χ1v) is 7.39. The highest BCUT2D eigenvalue weighted by Gasteiger charge is 2.17. The van der Waals surface area contributed by atoms with Crippen LogP contribution in [0.15, 0.2) is 11.1 Å². The summed E-state index contributed by atoms with van der Waals surface area (Å²) in [5.41, 5.74) is 1.40. The first kappa shape index (κ1) is 12.0. The van der Waals surface area contributed by atoms with Crippen LogP contribution in [0.2, 0.25) is 0 Å². The van der Waals surface area contributed by atoms with Crippen LogP contribution in [0, 0.1) is 13.8 Å². The van der Waals surface area contributed by atoms with Crippen LogP contribution in [0.25, 0.3) is 0 Å². The van der Waals surface area contributed by atoms with Gasteiger partial charge in [0.1, 0.15) is 0 Å². The summed E-state index contributed by atoms with van der Waals surface area (Å²) in [5.74, 6) is 0. The smallest absolute Gasteiger partial charge is 0.157 e. The van der Waals surface area contributed by atoms with Crippen molar-refractivity contribution in [3.8, 4) is 0 Å². The zero-order chi connectivity index (χ0) is 11.5. The highest BCUT2D eigenvalue weighted by molar-refractivity contribution is 8.14. The molecule has 0 radical (unpaired) electrons. The van der Waals surface area contributed by atoms with Crippen LogP contribution in [0.1, 0.15) is 28.7 Å². The zero-order valence-electron chi connectivity index (χ0n) is 10.0. The Bertz CT molecular complexity index is 376. The van der Waals surface area contributed by atoms with E-state index in [-0.39, 0.29) is 0 Å². The lowest BCUT2D eigenvalue weighted by molar-refractivity contribution is 0.840. The Morgan fingerprint density at radius 2 is 2.31 bits per heavy atom. The van der Waals surface area contributed by atoms with Crippen LogP contribution in [0.4, 0.5) is 0 Å². The molecule has 0 bridgehead atoms. The third-order valence-electron chi connectivity index (χ3n) is 2.80. The van der Waals surface area contributed by atoms with Gasteiger partial charge in [0.05, 0.1) is 13.1 Å². The van der Waals surface area contributed by atoms with Gasteiger partial charge in [-0.1, -0.05) is 18.7 Å². The van der Waals surface area contributed by atoms with E-state index in [9.17, 15) is 0 Å². The number of aryl methyl sites for hydroxylation is 2. The minimum absolute atomic E-state index is 0.689. The molecule has 1 aromatic rings. The van der Waals surface area contributed by atoms with Crippen LogP contribution < -0.4 is 5.32 Å². The van der Waals surface area contributed by atoms with Gasteiger partial charge in [-0.2, -0.15) is 0 Å². The van der Waals surface area contributed by atoms with Crippen LogP contribution in [0.3, 0.4) is 0 Å². The van der Waals surface area contributed by atoms with Crippen molar-refractivity contribution in [3.63, 3.8) is 0 Å². The maximum atomic E-state index is 4.51.